The molecule has 1 N–H and O–H groups in total. The summed E-state index contributed by atoms with van der Waals surface area (Å²) in [4.78, 5) is 2.38. The average Bonchev–Trinajstić information content (AvgIpc) is 2.50. The second-order valence-electron chi connectivity index (χ2n) is 4.84. The Labute approximate surface area is 85.9 Å². The van der Waals surface area contributed by atoms with Gasteiger partial charge in [-0.15, -0.1) is 0 Å². The Morgan fingerprint density at radius 2 is 2.21 bits per heavy atom. The molecule has 0 bridgehead atoms. The van der Waals surface area contributed by atoms with Gasteiger partial charge in [-0.25, -0.2) is 4.39 Å². The van der Waals surface area contributed by atoms with E-state index in [1.54, 1.807) is 6.92 Å². The first kappa shape index (κ1) is 10.4. The van der Waals surface area contributed by atoms with E-state index in [0.717, 1.165) is 19.6 Å². The molecule has 2 saturated heterocycles. The van der Waals surface area contributed by atoms with Crippen LogP contribution in [0.3, 0.4) is 0 Å². The Hall–Kier alpha value is -0.150. The maximum atomic E-state index is 13.0. The molecule has 0 aromatic heterocycles. The number of nitrogens with one attached hydrogen (secondary N) is 1. The van der Waals surface area contributed by atoms with Crippen molar-refractivity contribution < 1.29 is 4.39 Å². The van der Waals surface area contributed by atoms with Gasteiger partial charge in [-0.05, 0) is 45.7 Å². The van der Waals surface area contributed by atoms with Gasteiger partial charge < -0.3 is 5.32 Å². The number of piperidine rings is 1. The van der Waals surface area contributed by atoms with Gasteiger partial charge in [0.2, 0.25) is 0 Å². The fourth-order valence-electron chi connectivity index (χ4n) is 3.02. The minimum absolute atomic E-state index is 0.304. The first-order chi connectivity index (χ1) is 6.73. The van der Waals surface area contributed by atoms with E-state index < -0.39 is 6.17 Å². The van der Waals surface area contributed by atoms with Crippen LogP contribution >= 0.6 is 0 Å². The van der Waals surface area contributed by atoms with E-state index in [1.165, 1.54) is 25.7 Å². The molecule has 1 spiro atoms. The van der Waals surface area contributed by atoms with Crippen LogP contribution in [0.5, 0.6) is 0 Å². The highest BCUT2D eigenvalue weighted by Gasteiger charge is 2.41. The lowest BCUT2D eigenvalue weighted by Crippen LogP contribution is -2.55. The quantitative estimate of drug-likeness (QED) is 0.728. The molecule has 0 aromatic carbocycles. The van der Waals surface area contributed by atoms with E-state index >= 15 is 0 Å². The summed E-state index contributed by atoms with van der Waals surface area (Å²) in [5, 5.41) is 3.46. The minimum Gasteiger partial charge on any atom is -0.315 e. The van der Waals surface area contributed by atoms with Gasteiger partial charge >= 0.3 is 0 Å². The lowest BCUT2D eigenvalue weighted by atomic mass is 9.87. The lowest BCUT2D eigenvalue weighted by Gasteiger charge is -2.42. The van der Waals surface area contributed by atoms with Gasteiger partial charge in [0, 0.05) is 18.6 Å². The third kappa shape index (κ3) is 1.94. The number of rotatable bonds is 2. The first-order valence-corrected chi connectivity index (χ1v) is 5.83. The molecule has 2 rings (SSSR count). The Bertz CT molecular complexity index is 188. The van der Waals surface area contributed by atoms with Crippen molar-refractivity contribution in [3.63, 3.8) is 0 Å². The molecule has 0 radical (unpaired) electrons. The lowest BCUT2D eigenvalue weighted by molar-refractivity contribution is 0.0815. The third-order valence-corrected chi connectivity index (χ3v) is 3.66. The standard InChI is InChI=1S/C11H21FN2/c1-10(12)8-14-7-3-5-11(14)4-2-6-13-9-11/h10,13H,2-9H2,1H3. The van der Waals surface area contributed by atoms with Crippen LogP contribution in [-0.2, 0) is 0 Å². The van der Waals surface area contributed by atoms with Crippen molar-refractivity contribution in [3.05, 3.63) is 0 Å². The number of alkyl halides is 1. The van der Waals surface area contributed by atoms with Gasteiger partial charge in [0.25, 0.3) is 0 Å². The summed E-state index contributed by atoms with van der Waals surface area (Å²) in [5.74, 6) is 0. The van der Waals surface area contributed by atoms with Gasteiger partial charge in [-0.2, -0.15) is 0 Å². The Morgan fingerprint density at radius 1 is 1.43 bits per heavy atom. The Morgan fingerprint density at radius 3 is 2.86 bits per heavy atom. The largest absolute Gasteiger partial charge is 0.315 e. The van der Waals surface area contributed by atoms with E-state index in [-0.39, 0.29) is 0 Å². The SMILES string of the molecule is CC(F)CN1CCCC12CCCNC2. The molecule has 0 saturated carbocycles. The first-order valence-electron chi connectivity index (χ1n) is 5.83. The van der Waals surface area contributed by atoms with Crippen LogP contribution in [0.15, 0.2) is 0 Å². The zero-order chi connectivity index (χ0) is 10.0. The normalized spacial score (nSPS) is 36.4. The Balaban J connectivity index is 2.00. The van der Waals surface area contributed by atoms with Crippen LogP contribution in [0.1, 0.15) is 32.6 Å². The van der Waals surface area contributed by atoms with Crippen LogP contribution < -0.4 is 5.32 Å². The monoisotopic (exact) mass is 200 g/mol. The topological polar surface area (TPSA) is 15.3 Å². The second kappa shape index (κ2) is 4.15. The van der Waals surface area contributed by atoms with Gasteiger partial charge in [-0.1, -0.05) is 0 Å². The molecule has 3 heteroatoms. The second-order valence-corrected chi connectivity index (χ2v) is 4.84. The van der Waals surface area contributed by atoms with E-state index in [4.69, 9.17) is 0 Å². The van der Waals surface area contributed by atoms with Crippen molar-refractivity contribution >= 4 is 0 Å². The number of likely N-dealkylation sites (tertiary alicyclic amines) is 1. The maximum Gasteiger partial charge on any atom is 0.110 e. The highest BCUT2D eigenvalue weighted by Crippen LogP contribution is 2.34. The Kier molecular flexibility index (Phi) is 3.07. The number of nitrogens with zero attached hydrogens (tertiary/aromatic N) is 1. The molecule has 14 heavy (non-hydrogen) atoms. The molecule has 2 heterocycles. The molecule has 0 aliphatic carbocycles. The summed E-state index contributed by atoms with van der Waals surface area (Å²) in [7, 11) is 0. The van der Waals surface area contributed by atoms with Crippen LogP contribution in [0.2, 0.25) is 0 Å². The van der Waals surface area contributed by atoms with Crippen LogP contribution in [0.25, 0.3) is 0 Å². The number of hydrogen-bond donors (Lipinski definition) is 1. The molecule has 2 atom stereocenters. The molecule has 2 nitrogen and oxygen atoms in total. The maximum absolute atomic E-state index is 13.0. The molecule has 2 unspecified atom stereocenters. The molecular weight excluding hydrogens is 179 g/mol. The number of halogens is 1. The van der Waals surface area contributed by atoms with Crippen molar-refractivity contribution in [2.75, 3.05) is 26.2 Å². The highest BCUT2D eigenvalue weighted by atomic mass is 19.1. The van der Waals surface area contributed by atoms with Crippen molar-refractivity contribution in [1.82, 2.24) is 10.2 Å². The van der Waals surface area contributed by atoms with Crippen LogP contribution in [0, 0.1) is 0 Å². The smallest absolute Gasteiger partial charge is 0.110 e. The van der Waals surface area contributed by atoms with E-state index in [1.807, 2.05) is 0 Å². The highest BCUT2D eigenvalue weighted by molar-refractivity contribution is 4.99. The van der Waals surface area contributed by atoms with Crippen molar-refractivity contribution in [2.45, 2.75) is 44.3 Å². The van der Waals surface area contributed by atoms with Gasteiger partial charge in [-0.3, -0.25) is 4.90 Å². The zero-order valence-corrected chi connectivity index (χ0v) is 9.06. The summed E-state index contributed by atoms with van der Waals surface area (Å²) in [5.41, 5.74) is 0.304. The fourth-order valence-corrected chi connectivity index (χ4v) is 3.02. The third-order valence-electron chi connectivity index (χ3n) is 3.66. The van der Waals surface area contributed by atoms with Crippen molar-refractivity contribution in [1.29, 1.82) is 0 Å². The molecule has 2 aliphatic rings. The van der Waals surface area contributed by atoms with Gasteiger partial charge in [0.1, 0.15) is 6.17 Å². The molecule has 0 aromatic rings. The van der Waals surface area contributed by atoms with Crippen LogP contribution in [-0.4, -0.2) is 42.8 Å². The van der Waals surface area contributed by atoms with Crippen LogP contribution in [0.4, 0.5) is 4.39 Å². The van der Waals surface area contributed by atoms with Gasteiger partial charge in [0.15, 0.2) is 0 Å². The fraction of sp³-hybridized carbons (Fsp3) is 1.00. The molecular formula is C11H21FN2. The zero-order valence-electron chi connectivity index (χ0n) is 9.06. The van der Waals surface area contributed by atoms with Crippen molar-refractivity contribution in [2.24, 2.45) is 0 Å². The molecule has 82 valence electrons. The predicted octanol–water partition coefficient (Wildman–Crippen LogP) is 1.56. The van der Waals surface area contributed by atoms with Gasteiger partial charge in [0.05, 0.1) is 0 Å². The molecule has 0 amide bonds. The van der Waals surface area contributed by atoms with E-state index in [2.05, 4.69) is 10.2 Å². The molecule has 2 fully saturated rings. The minimum atomic E-state index is -0.688. The van der Waals surface area contributed by atoms with E-state index in [0.29, 0.717) is 12.1 Å². The summed E-state index contributed by atoms with van der Waals surface area (Å²) < 4.78 is 13.0. The summed E-state index contributed by atoms with van der Waals surface area (Å²) >= 11 is 0. The predicted molar refractivity (Wildman–Crippen MR) is 56.2 cm³/mol. The summed E-state index contributed by atoms with van der Waals surface area (Å²) in [6.45, 7) is 5.60. The van der Waals surface area contributed by atoms with E-state index in [9.17, 15) is 4.39 Å². The summed E-state index contributed by atoms with van der Waals surface area (Å²) in [6, 6.07) is 0. The number of hydrogen-bond acceptors (Lipinski definition) is 2. The average molecular weight is 200 g/mol. The molecule has 2 aliphatic heterocycles. The summed E-state index contributed by atoms with van der Waals surface area (Å²) in [6.07, 6.45) is 4.32. The van der Waals surface area contributed by atoms with Crippen molar-refractivity contribution in [3.8, 4) is 0 Å².